The first-order valence-corrected chi connectivity index (χ1v) is 10.8. The van der Waals surface area contributed by atoms with Gasteiger partial charge in [-0.1, -0.05) is 19.4 Å². The number of esters is 1. The molecule has 0 radical (unpaired) electrons. The standard InChI is InChI=1S/C25H24O10/c1-2-3-13-16(27)10-17(28)14-9-21(34-25(33)12-7-19(30)22(32)20(31)8-12)23(35-24(13)14)11-4-5-15(26)18(29)6-11/h4-8,10,21,23,26-32H,2-3,9H2,1H3. The molecule has 1 aliphatic heterocycles. The van der Waals surface area contributed by atoms with E-state index in [2.05, 4.69) is 0 Å². The van der Waals surface area contributed by atoms with Crippen molar-refractivity contribution in [3.63, 3.8) is 0 Å². The average Bonchev–Trinajstić information content (AvgIpc) is 2.81. The number of hydrogen-bond donors (Lipinski definition) is 7. The van der Waals surface area contributed by atoms with Gasteiger partial charge < -0.3 is 45.2 Å². The molecular weight excluding hydrogens is 460 g/mol. The fourth-order valence-corrected chi connectivity index (χ4v) is 4.09. The summed E-state index contributed by atoms with van der Waals surface area (Å²) >= 11 is 0. The van der Waals surface area contributed by atoms with E-state index in [-0.39, 0.29) is 35.0 Å². The molecule has 184 valence electrons. The second kappa shape index (κ2) is 9.05. The number of phenols is 7. The Bertz CT molecular complexity index is 1280. The van der Waals surface area contributed by atoms with E-state index in [1.807, 2.05) is 6.92 Å². The van der Waals surface area contributed by atoms with Crippen LogP contribution in [0.2, 0.25) is 0 Å². The van der Waals surface area contributed by atoms with Crippen molar-refractivity contribution in [1.29, 1.82) is 0 Å². The zero-order chi connectivity index (χ0) is 25.4. The van der Waals surface area contributed by atoms with E-state index in [1.165, 1.54) is 24.3 Å². The number of phenolic OH excluding ortho intramolecular Hbond substituents is 7. The van der Waals surface area contributed by atoms with Gasteiger partial charge in [-0.2, -0.15) is 0 Å². The summed E-state index contributed by atoms with van der Waals surface area (Å²) in [4.78, 5) is 12.9. The maximum atomic E-state index is 12.9. The van der Waals surface area contributed by atoms with E-state index in [1.54, 1.807) is 0 Å². The minimum absolute atomic E-state index is 0.0355. The molecule has 0 bridgehead atoms. The molecule has 10 nitrogen and oxygen atoms in total. The summed E-state index contributed by atoms with van der Waals surface area (Å²) < 4.78 is 11.8. The Labute approximate surface area is 199 Å². The zero-order valence-corrected chi connectivity index (χ0v) is 18.6. The van der Waals surface area contributed by atoms with E-state index in [9.17, 15) is 40.5 Å². The molecular formula is C25H24O10. The Balaban J connectivity index is 1.77. The lowest BCUT2D eigenvalue weighted by atomic mass is 9.91. The van der Waals surface area contributed by atoms with Gasteiger partial charge in [0.15, 0.2) is 34.9 Å². The Kier molecular flexibility index (Phi) is 6.12. The van der Waals surface area contributed by atoms with Crippen molar-refractivity contribution in [3.05, 3.63) is 58.7 Å². The maximum Gasteiger partial charge on any atom is 0.338 e. The summed E-state index contributed by atoms with van der Waals surface area (Å²) in [6.07, 6.45) is -1.01. The second-order valence-electron chi connectivity index (χ2n) is 8.25. The van der Waals surface area contributed by atoms with Crippen molar-refractivity contribution >= 4 is 5.97 Å². The molecule has 4 rings (SSSR count). The van der Waals surface area contributed by atoms with Gasteiger partial charge in [-0.3, -0.25) is 0 Å². The summed E-state index contributed by atoms with van der Waals surface area (Å²) in [5.41, 5.74) is 0.856. The number of fused-ring (bicyclic) bond motifs is 1. The predicted molar refractivity (Wildman–Crippen MR) is 121 cm³/mol. The highest BCUT2D eigenvalue weighted by molar-refractivity contribution is 5.91. The first kappa shape index (κ1) is 23.7. The first-order chi connectivity index (χ1) is 16.6. The maximum absolute atomic E-state index is 12.9. The monoisotopic (exact) mass is 484 g/mol. The van der Waals surface area contributed by atoms with E-state index in [0.717, 1.165) is 12.1 Å². The van der Waals surface area contributed by atoms with Gasteiger partial charge in [0.1, 0.15) is 23.4 Å². The molecule has 10 heteroatoms. The van der Waals surface area contributed by atoms with Crippen molar-refractivity contribution in [2.24, 2.45) is 0 Å². The van der Waals surface area contributed by atoms with Crippen LogP contribution in [0.25, 0.3) is 0 Å². The van der Waals surface area contributed by atoms with Crippen LogP contribution in [0.1, 0.15) is 46.5 Å². The second-order valence-corrected chi connectivity index (χ2v) is 8.25. The zero-order valence-electron chi connectivity index (χ0n) is 18.6. The van der Waals surface area contributed by atoms with E-state index >= 15 is 0 Å². The first-order valence-electron chi connectivity index (χ1n) is 10.8. The fraction of sp³-hybridized carbons (Fsp3) is 0.240. The lowest BCUT2D eigenvalue weighted by Crippen LogP contribution is -2.35. The molecule has 2 unspecified atom stereocenters. The molecule has 3 aromatic carbocycles. The van der Waals surface area contributed by atoms with Gasteiger partial charge in [-0.05, 0) is 30.7 Å². The van der Waals surface area contributed by atoms with Gasteiger partial charge in [0.25, 0.3) is 0 Å². The fourth-order valence-electron chi connectivity index (χ4n) is 4.09. The molecule has 7 N–H and O–H groups in total. The number of ether oxygens (including phenoxy) is 2. The van der Waals surface area contributed by atoms with E-state index in [0.29, 0.717) is 29.5 Å². The van der Waals surface area contributed by atoms with Gasteiger partial charge in [0.05, 0.1) is 5.56 Å². The lowest BCUT2D eigenvalue weighted by Gasteiger charge is -2.35. The van der Waals surface area contributed by atoms with Crippen molar-refractivity contribution in [2.75, 3.05) is 0 Å². The van der Waals surface area contributed by atoms with Gasteiger partial charge in [0, 0.05) is 29.2 Å². The number of carbonyl (C=O) groups excluding carboxylic acids is 1. The summed E-state index contributed by atoms with van der Waals surface area (Å²) in [5.74, 6) is -4.17. The normalized spacial score (nSPS) is 16.8. The summed E-state index contributed by atoms with van der Waals surface area (Å²) in [7, 11) is 0. The molecule has 0 saturated carbocycles. The van der Waals surface area contributed by atoms with Gasteiger partial charge in [-0.15, -0.1) is 0 Å². The van der Waals surface area contributed by atoms with Crippen LogP contribution >= 0.6 is 0 Å². The van der Waals surface area contributed by atoms with Crippen molar-refractivity contribution in [2.45, 2.75) is 38.4 Å². The molecule has 0 saturated heterocycles. The van der Waals surface area contributed by atoms with Crippen LogP contribution in [-0.2, 0) is 17.6 Å². The third kappa shape index (κ3) is 4.37. The van der Waals surface area contributed by atoms with Crippen LogP contribution in [-0.4, -0.2) is 47.8 Å². The number of benzene rings is 3. The highest BCUT2D eigenvalue weighted by Crippen LogP contribution is 2.47. The van der Waals surface area contributed by atoms with Crippen molar-refractivity contribution < 1.29 is 50.0 Å². The van der Waals surface area contributed by atoms with Crippen LogP contribution in [0.5, 0.6) is 46.0 Å². The largest absolute Gasteiger partial charge is 0.507 e. The minimum Gasteiger partial charge on any atom is -0.507 e. The van der Waals surface area contributed by atoms with Gasteiger partial charge >= 0.3 is 5.97 Å². The van der Waals surface area contributed by atoms with Gasteiger partial charge in [0.2, 0.25) is 0 Å². The highest BCUT2D eigenvalue weighted by atomic mass is 16.6. The molecule has 0 spiro atoms. The van der Waals surface area contributed by atoms with Crippen LogP contribution in [0, 0.1) is 0 Å². The Morgan fingerprint density at radius 3 is 2.20 bits per heavy atom. The van der Waals surface area contributed by atoms with Crippen molar-refractivity contribution in [1.82, 2.24) is 0 Å². The number of rotatable bonds is 5. The molecule has 0 amide bonds. The quantitative estimate of drug-likeness (QED) is 0.209. The molecule has 0 aromatic heterocycles. The van der Waals surface area contributed by atoms with E-state index in [4.69, 9.17) is 9.47 Å². The smallest absolute Gasteiger partial charge is 0.338 e. The van der Waals surface area contributed by atoms with Crippen LogP contribution in [0.4, 0.5) is 0 Å². The van der Waals surface area contributed by atoms with Crippen LogP contribution in [0.3, 0.4) is 0 Å². The molecule has 0 aliphatic carbocycles. The highest BCUT2D eigenvalue weighted by Gasteiger charge is 2.38. The van der Waals surface area contributed by atoms with Crippen LogP contribution in [0.15, 0.2) is 36.4 Å². The molecule has 1 heterocycles. The number of aromatic hydroxyl groups is 7. The number of hydrogen-bond acceptors (Lipinski definition) is 10. The third-order valence-electron chi connectivity index (χ3n) is 5.82. The minimum atomic E-state index is -1.07. The molecule has 35 heavy (non-hydrogen) atoms. The summed E-state index contributed by atoms with van der Waals surface area (Å²) in [6.45, 7) is 1.91. The SMILES string of the molecule is CCCc1c(O)cc(O)c2c1OC(c1ccc(O)c(O)c1)C(OC(=O)c1cc(O)c(O)c(O)c1)C2. The third-order valence-corrected chi connectivity index (χ3v) is 5.82. The lowest BCUT2D eigenvalue weighted by molar-refractivity contribution is -0.0192. The predicted octanol–water partition coefficient (Wildman–Crippen LogP) is 3.48. The molecule has 0 fully saturated rings. The average molecular weight is 484 g/mol. The molecule has 3 aromatic rings. The van der Waals surface area contributed by atoms with Gasteiger partial charge in [-0.25, -0.2) is 4.79 Å². The Morgan fingerprint density at radius 1 is 0.886 bits per heavy atom. The molecule has 1 aliphatic rings. The number of carbonyl (C=O) groups is 1. The Morgan fingerprint density at radius 2 is 1.57 bits per heavy atom. The topological polar surface area (TPSA) is 177 Å². The summed E-state index contributed by atoms with van der Waals surface area (Å²) in [5, 5.41) is 69.6. The van der Waals surface area contributed by atoms with Crippen molar-refractivity contribution in [3.8, 4) is 46.0 Å². The van der Waals surface area contributed by atoms with E-state index < -0.39 is 41.2 Å². The Hall–Kier alpha value is -4.47. The summed E-state index contributed by atoms with van der Waals surface area (Å²) in [6, 6.07) is 6.98. The molecule has 2 atom stereocenters. The van der Waals surface area contributed by atoms with Crippen LogP contribution < -0.4 is 4.74 Å².